The van der Waals surface area contributed by atoms with Crippen LogP contribution in [0.4, 0.5) is 0 Å². The van der Waals surface area contributed by atoms with E-state index in [9.17, 15) is 19.2 Å². The number of hydrogen-bond acceptors (Lipinski definition) is 11. The Balaban J connectivity index is 2.57. The molecule has 0 aromatic carbocycles. The van der Waals surface area contributed by atoms with Crippen LogP contribution in [0.1, 0.15) is 32.6 Å². The molecule has 29 heavy (non-hydrogen) atoms. The largest absolute Gasteiger partial charge is 0.468 e. The number of hydrogen-bond donors (Lipinski definition) is 0. The van der Waals surface area contributed by atoms with Crippen LogP contribution in [0, 0.1) is 0 Å². The number of rotatable bonds is 7. The summed E-state index contributed by atoms with van der Waals surface area (Å²) in [7, 11) is 2.79. The molecule has 0 fully saturated rings. The third-order valence-electron chi connectivity index (χ3n) is 3.64. The third kappa shape index (κ3) is 5.24. The molecule has 156 valence electrons. The molecule has 12 heteroatoms. The van der Waals surface area contributed by atoms with E-state index >= 15 is 0 Å². The van der Waals surface area contributed by atoms with Crippen molar-refractivity contribution >= 4 is 29.1 Å². The maximum Gasteiger partial charge on any atom is 0.303 e. The Labute approximate surface area is 164 Å². The highest BCUT2D eigenvalue weighted by atomic mass is 16.6. The van der Waals surface area contributed by atoms with E-state index in [4.69, 9.17) is 18.9 Å². The second kappa shape index (κ2) is 9.08. The monoisotopic (exact) mass is 408 g/mol. The number of ether oxygens (including phenoxy) is 4. The van der Waals surface area contributed by atoms with Crippen molar-refractivity contribution in [3.8, 4) is 6.01 Å². The van der Waals surface area contributed by atoms with Gasteiger partial charge < -0.3 is 18.9 Å². The van der Waals surface area contributed by atoms with Crippen LogP contribution in [-0.2, 0) is 35.6 Å². The first-order valence-corrected chi connectivity index (χ1v) is 8.39. The van der Waals surface area contributed by atoms with Gasteiger partial charge in [-0.05, 0) is 0 Å². The molecule has 0 radical (unpaired) electrons. The third-order valence-corrected chi connectivity index (χ3v) is 3.64. The molecule has 0 bridgehead atoms. The van der Waals surface area contributed by atoms with Gasteiger partial charge in [0.15, 0.2) is 23.4 Å². The van der Waals surface area contributed by atoms with Crippen molar-refractivity contribution < 1.29 is 33.3 Å². The molecule has 12 nitrogen and oxygen atoms in total. The van der Waals surface area contributed by atoms with E-state index in [0.717, 1.165) is 18.4 Å². The molecular weight excluding hydrogens is 388 g/mol. The Morgan fingerprint density at radius 2 is 1.72 bits per heavy atom. The Bertz CT molecular complexity index is 1000. The van der Waals surface area contributed by atoms with Crippen LogP contribution in [0.5, 0.6) is 6.01 Å². The maximum absolute atomic E-state index is 12.5. The minimum atomic E-state index is -1.28. The van der Waals surface area contributed by atoms with Crippen molar-refractivity contribution in [1.82, 2.24) is 19.5 Å². The maximum atomic E-state index is 12.5. The van der Waals surface area contributed by atoms with E-state index in [1.54, 1.807) is 0 Å². The molecule has 0 aliphatic carbocycles. The topological polar surface area (TPSA) is 149 Å². The predicted octanol–water partition coefficient (Wildman–Crippen LogP) is -0.169. The van der Waals surface area contributed by atoms with E-state index in [-0.39, 0.29) is 22.9 Å². The molecule has 0 aliphatic heterocycles. The first-order valence-electron chi connectivity index (χ1n) is 8.39. The van der Waals surface area contributed by atoms with E-state index in [2.05, 4.69) is 15.0 Å². The minimum Gasteiger partial charge on any atom is -0.468 e. The zero-order chi connectivity index (χ0) is 21.7. The van der Waals surface area contributed by atoms with Gasteiger partial charge in [0.25, 0.3) is 5.56 Å². The SMILES string of the molecule is COc1nc2ncc([C@H](OC(C)=O)[C@@H](COC(C)=O)OC(C)=O)nc2c(=O)n1C. The van der Waals surface area contributed by atoms with Crippen molar-refractivity contribution in [2.24, 2.45) is 7.05 Å². The molecule has 0 unspecified atom stereocenters. The molecule has 0 saturated heterocycles. The summed E-state index contributed by atoms with van der Waals surface area (Å²) in [5.41, 5.74) is -0.640. The zero-order valence-electron chi connectivity index (χ0n) is 16.5. The Kier molecular flexibility index (Phi) is 6.80. The van der Waals surface area contributed by atoms with Gasteiger partial charge in [-0.1, -0.05) is 0 Å². The second-order valence-corrected chi connectivity index (χ2v) is 5.91. The van der Waals surface area contributed by atoms with Crippen LogP contribution < -0.4 is 10.3 Å². The second-order valence-electron chi connectivity index (χ2n) is 5.91. The Hall–Kier alpha value is -3.57. The van der Waals surface area contributed by atoms with Gasteiger partial charge in [0.05, 0.1) is 13.3 Å². The standard InChI is InChI=1S/C17H20N4O8/c1-8(22)27-7-12(28-9(2)23)14(29-10(3)24)11-6-18-15-13(19-11)16(25)21(4)17(20-15)26-5/h6,12,14H,7H2,1-5H3/t12-,14+/m1/s1. The summed E-state index contributed by atoms with van der Waals surface area (Å²) in [6.07, 6.45) is -1.27. The highest BCUT2D eigenvalue weighted by Gasteiger charge is 2.32. The summed E-state index contributed by atoms with van der Waals surface area (Å²) < 4.78 is 21.4. The summed E-state index contributed by atoms with van der Waals surface area (Å²) in [4.78, 5) is 59.2. The quantitative estimate of drug-likeness (QED) is 0.444. The molecule has 0 N–H and O–H groups in total. The van der Waals surface area contributed by atoms with E-state index in [1.165, 1.54) is 27.3 Å². The van der Waals surface area contributed by atoms with Crippen molar-refractivity contribution in [3.63, 3.8) is 0 Å². The molecule has 0 amide bonds. The number of carbonyl (C=O) groups is 3. The predicted molar refractivity (Wildman–Crippen MR) is 95.8 cm³/mol. The average molecular weight is 408 g/mol. The highest BCUT2D eigenvalue weighted by molar-refractivity contribution is 5.70. The molecule has 0 aliphatic rings. The normalized spacial score (nSPS) is 12.7. The summed E-state index contributed by atoms with van der Waals surface area (Å²) in [5.74, 6) is -2.04. The minimum absolute atomic E-state index is 0.00942. The van der Waals surface area contributed by atoms with Crippen LogP contribution in [0.25, 0.3) is 11.2 Å². The van der Waals surface area contributed by atoms with Crippen LogP contribution in [0.2, 0.25) is 0 Å². The van der Waals surface area contributed by atoms with Crippen molar-refractivity contribution in [1.29, 1.82) is 0 Å². The van der Waals surface area contributed by atoms with Crippen molar-refractivity contribution in [3.05, 3.63) is 22.2 Å². The van der Waals surface area contributed by atoms with Crippen molar-refractivity contribution in [2.75, 3.05) is 13.7 Å². The number of carbonyl (C=O) groups excluding carboxylic acids is 3. The zero-order valence-corrected chi connectivity index (χ0v) is 16.5. The summed E-state index contributed by atoms with van der Waals surface area (Å²) in [5, 5.41) is 0. The summed E-state index contributed by atoms with van der Waals surface area (Å²) >= 11 is 0. The lowest BCUT2D eigenvalue weighted by Crippen LogP contribution is -2.33. The number of methoxy groups -OCH3 is 1. The van der Waals surface area contributed by atoms with Crippen LogP contribution >= 0.6 is 0 Å². The van der Waals surface area contributed by atoms with E-state index in [0.29, 0.717) is 0 Å². The van der Waals surface area contributed by atoms with Crippen molar-refractivity contribution in [2.45, 2.75) is 33.0 Å². The molecule has 0 spiro atoms. The lowest BCUT2D eigenvalue weighted by Gasteiger charge is -2.25. The molecular formula is C17H20N4O8. The number of nitrogens with zero attached hydrogens (tertiary/aromatic N) is 4. The number of aromatic nitrogens is 4. The smallest absolute Gasteiger partial charge is 0.303 e. The van der Waals surface area contributed by atoms with Crippen LogP contribution in [-0.4, -0.2) is 57.2 Å². The van der Waals surface area contributed by atoms with Gasteiger partial charge in [-0.25, -0.2) is 9.97 Å². The van der Waals surface area contributed by atoms with Gasteiger partial charge in [-0.2, -0.15) is 4.98 Å². The number of fused-ring (bicyclic) bond motifs is 1. The fraction of sp³-hybridized carbons (Fsp3) is 0.471. The van der Waals surface area contributed by atoms with Gasteiger partial charge in [0.1, 0.15) is 12.3 Å². The lowest BCUT2D eigenvalue weighted by molar-refractivity contribution is -0.174. The first kappa shape index (κ1) is 21.7. The first-order chi connectivity index (χ1) is 13.6. The summed E-state index contributed by atoms with van der Waals surface area (Å²) in [6, 6.07) is 0.0359. The molecule has 2 aromatic heterocycles. The molecule has 2 atom stereocenters. The van der Waals surface area contributed by atoms with Gasteiger partial charge in [-0.3, -0.25) is 23.7 Å². The van der Waals surface area contributed by atoms with Gasteiger partial charge in [0.2, 0.25) is 0 Å². The van der Waals surface area contributed by atoms with E-state index in [1.807, 2.05) is 0 Å². The fourth-order valence-corrected chi connectivity index (χ4v) is 2.45. The summed E-state index contributed by atoms with van der Waals surface area (Å²) in [6.45, 7) is 3.06. The van der Waals surface area contributed by atoms with Gasteiger partial charge >= 0.3 is 23.9 Å². The van der Waals surface area contributed by atoms with Gasteiger partial charge in [0, 0.05) is 27.8 Å². The Morgan fingerprint density at radius 1 is 1.07 bits per heavy atom. The Morgan fingerprint density at radius 3 is 2.28 bits per heavy atom. The van der Waals surface area contributed by atoms with Gasteiger partial charge in [-0.15, -0.1) is 0 Å². The molecule has 2 aromatic rings. The number of esters is 3. The lowest BCUT2D eigenvalue weighted by atomic mass is 10.1. The van der Waals surface area contributed by atoms with Crippen LogP contribution in [0.15, 0.2) is 11.0 Å². The van der Waals surface area contributed by atoms with Crippen LogP contribution in [0.3, 0.4) is 0 Å². The highest BCUT2D eigenvalue weighted by Crippen LogP contribution is 2.24. The van der Waals surface area contributed by atoms with E-state index < -0.39 is 42.3 Å². The average Bonchev–Trinajstić information content (AvgIpc) is 2.65. The molecule has 0 saturated carbocycles. The fourth-order valence-electron chi connectivity index (χ4n) is 2.45. The molecule has 2 heterocycles. The molecule has 2 rings (SSSR count).